The summed E-state index contributed by atoms with van der Waals surface area (Å²) in [5.41, 5.74) is 3.04. The molecule has 1 aromatic carbocycles. The van der Waals surface area contributed by atoms with E-state index in [1.807, 2.05) is 52.0 Å². The molecular weight excluding hydrogens is 518 g/mol. The zero-order valence-corrected chi connectivity index (χ0v) is 24.6. The predicted molar refractivity (Wildman–Crippen MR) is 150 cm³/mol. The van der Waals surface area contributed by atoms with Crippen LogP contribution >= 0.6 is 11.3 Å². The van der Waals surface area contributed by atoms with Gasteiger partial charge in [-0.3, -0.25) is 9.59 Å². The van der Waals surface area contributed by atoms with E-state index in [0.717, 1.165) is 21.7 Å². The lowest BCUT2D eigenvalue weighted by atomic mass is 9.77. The molecule has 0 radical (unpaired) electrons. The fraction of sp³-hybridized carbons (Fsp3) is 0.586. The molecule has 1 aliphatic rings. The average Bonchev–Trinajstić information content (AvgIpc) is 3.44. The third kappa shape index (κ3) is 7.86. The molecule has 1 aromatic heterocycles. The Bertz CT molecular complexity index is 1160. The number of hydrogen-bond acceptors (Lipinski definition) is 8. The highest BCUT2D eigenvalue weighted by molar-refractivity contribution is 7.13. The van der Waals surface area contributed by atoms with Gasteiger partial charge in [0.25, 0.3) is 0 Å². The van der Waals surface area contributed by atoms with Crippen molar-refractivity contribution in [2.75, 3.05) is 6.61 Å². The quantitative estimate of drug-likeness (QED) is 0.381. The van der Waals surface area contributed by atoms with E-state index < -0.39 is 53.0 Å². The Kier molecular flexibility index (Phi) is 9.56. The molecule has 0 aliphatic heterocycles. The van der Waals surface area contributed by atoms with Gasteiger partial charge >= 0.3 is 6.09 Å². The first kappa shape index (κ1) is 30.7. The van der Waals surface area contributed by atoms with E-state index in [-0.39, 0.29) is 25.2 Å². The highest BCUT2D eigenvalue weighted by atomic mass is 32.1. The van der Waals surface area contributed by atoms with E-state index in [1.54, 1.807) is 37.6 Å². The summed E-state index contributed by atoms with van der Waals surface area (Å²) in [6.45, 7) is 12.3. The van der Waals surface area contributed by atoms with Crippen LogP contribution in [0.3, 0.4) is 0 Å². The summed E-state index contributed by atoms with van der Waals surface area (Å²) in [5, 5.41) is 26.1. The van der Waals surface area contributed by atoms with Crippen molar-refractivity contribution < 1.29 is 29.3 Å². The van der Waals surface area contributed by atoms with Crippen LogP contribution in [0, 0.1) is 24.2 Å². The van der Waals surface area contributed by atoms with Crippen LogP contribution < -0.4 is 10.6 Å². The Morgan fingerprint density at radius 2 is 1.67 bits per heavy atom. The number of nitrogens with one attached hydrogen (secondary N) is 2. The summed E-state index contributed by atoms with van der Waals surface area (Å²) in [5.74, 6) is -2.34. The van der Waals surface area contributed by atoms with E-state index >= 15 is 0 Å². The highest BCUT2D eigenvalue weighted by Gasteiger charge is 2.47. The number of benzene rings is 1. The van der Waals surface area contributed by atoms with Gasteiger partial charge in [0.15, 0.2) is 5.78 Å². The zero-order chi connectivity index (χ0) is 29.1. The molecule has 0 bridgehead atoms. The molecular formula is C29H41N3O6S. The molecule has 2 aromatic rings. The van der Waals surface area contributed by atoms with Crippen molar-refractivity contribution in [3.05, 3.63) is 41.0 Å². The van der Waals surface area contributed by atoms with Gasteiger partial charge in [0.05, 0.1) is 46.8 Å². The van der Waals surface area contributed by atoms with Crippen LogP contribution in [0.2, 0.25) is 0 Å². The van der Waals surface area contributed by atoms with Gasteiger partial charge in [0.1, 0.15) is 5.60 Å². The molecule has 39 heavy (non-hydrogen) atoms. The number of thiazole rings is 1. The monoisotopic (exact) mass is 559 g/mol. The fourth-order valence-electron chi connectivity index (χ4n) is 4.93. The number of carbonyl (C=O) groups excluding carboxylic acids is 3. The van der Waals surface area contributed by atoms with Gasteiger partial charge in [0, 0.05) is 5.92 Å². The van der Waals surface area contributed by atoms with Crippen molar-refractivity contribution in [3.8, 4) is 10.4 Å². The second-order valence-electron chi connectivity index (χ2n) is 12.3. The Hall–Kier alpha value is -2.82. The first-order chi connectivity index (χ1) is 18.1. The zero-order valence-electron chi connectivity index (χ0n) is 23.8. The maximum atomic E-state index is 13.7. The molecule has 1 heterocycles. The Labute approximate surface area is 234 Å². The normalized spacial score (nSPS) is 21.2. The number of aliphatic hydroxyl groups excluding tert-OH is 2. The second-order valence-corrected chi connectivity index (χ2v) is 13.2. The molecule has 1 aliphatic carbocycles. The molecule has 5 atom stereocenters. The van der Waals surface area contributed by atoms with Crippen LogP contribution in [0.25, 0.3) is 10.4 Å². The Balaban J connectivity index is 1.76. The molecule has 10 heteroatoms. The lowest BCUT2D eigenvalue weighted by Crippen LogP contribution is -2.53. The van der Waals surface area contributed by atoms with Crippen molar-refractivity contribution in [3.63, 3.8) is 0 Å². The van der Waals surface area contributed by atoms with E-state index in [2.05, 4.69) is 15.6 Å². The van der Waals surface area contributed by atoms with E-state index in [4.69, 9.17) is 4.74 Å². The first-order valence-corrected chi connectivity index (χ1v) is 14.1. The summed E-state index contributed by atoms with van der Waals surface area (Å²) in [6.07, 6.45) is -1.31. The SMILES string of the molecule is Cc1ncsc1-c1ccc([C@H](CO)NC(=O)[C@@H]2C[C@@H](O)CC2C(=O)[C@@H](NC(=O)OC(C)(C)C)C(C)(C)C)cc1. The van der Waals surface area contributed by atoms with Crippen LogP contribution in [0.15, 0.2) is 29.8 Å². The largest absolute Gasteiger partial charge is 0.444 e. The van der Waals surface area contributed by atoms with Crippen LogP contribution in [0.5, 0.6) is 0 Å². The number of hydrogen-bond donors (Lipinski definition) is 4. The highest BCUT2D eigenvalue weighted by Crippen LogP contribution is 2.37. The minimum absolute atomic E-state index is 0.117. The molecule has 9 nitrogen and oxygen atoms in total. The third-order valence-corrected chi connectivity index (χ3v) is 7.85. The number of rotatable bonds is 8. The van der Waals surface area contributed by atoms with Crippen molar-refractivity contribution >= 4 is 29.1 Å². The summed E-state index contributed by atoms with van der Waals surface area (Å²) in [6, 6.07) is 5.94. The topological polar surface area (TPSA) is 138 Å². The first-order valence-electron chi connectivity index (χ1n) is 13.2. The Morgan fingerprint density at radius 1 is 1.05 bits per heavy atom. The third-order valence-electron chi connectivity index (χ3n) is 6.87. The van der Waals surface area contributed by atoms with Gasteiger partial charge in [-0.05, 0) is 57.1 Å². The van der Waals surface area contributed by atoms with Gasteiger partial charge in [-0.2, -0.15) is 0 Å². The molecule has 1 unspecified atom stereocenters. The molecule has 214 valence electrons. The molecule has 0 saturated heterocycles. The van der Waals surface area contributed by atoms with Crippen molar-refractivity contribution in [2.45, 2.75) is 85.1 Å². The molecule has 3 rings (SSSR count). The molecule has 1 fully saturated rings. The molecule has 4 N–H and O–H groups in total. The molecule has 0 spiro atoms. The maximum absolute atomic E-state index is 13.7. The number of amides is 2. The number of Topliss-reactive ketones (excluding diaryl/α,β-unsaturated/α-hetero) is 1. The smallest absolute Gasteiger partial charge is 0.408 e. The van der Waals surface area contributed by atoms with Crippen LogP contribution in [0.4, 0.5) is 4.79 Å². The minimum Gasteiger partial charge on any atom is -0.444 e. The van der Waals surface area contributed by atoms with E-state index in [9.17, 15) is 24.6 Å². The van der Waals surface area contributed by atoms with Gasteiger partial charge in [-0.1, -0.05) is 45.0 Å². The molecule has 2 amide bonds. The Morgan fingerprint density at radius 3 is 2.18 bits per heavy atom. The van der Waals surface area contributed by atoms with Gasteiger partial charge in [-0.25, -0.2) is 9.78 Å². The average molecular weight is 560 g/mol. The lowest BCUT2D eigenvalue weighted by molar-refractivity contribution is -0.135. The summed E-state index contributed by atoms with van der Waals surface area (Å²) >= 11 is 1.54. The number of alkyl carbamates (subject to hydrolysis) is 1. The van der Waals surface area contributed by atoms with Crippen LogP contribution in [-0.4, -0.2) is 57.3 Å². The van der Waals surface area contributed by atoms with Crippen molar-refractivity contribution in [1.82, 2.24) is 15.6 Å². The van der Waals surface area contributed by atoms with Gasteiger partial charge in [-0.15, -0.1) is 11.3 Å². The van der Waals surface area contributed by atoms with Gasteiger partial charge < -0.3 is 25.6 Å². The number of carbonyl (C=O) groups is 3. The molecule has 1 saturated carbocycles. The fourth-order valence-corrected chi connectivity index (χ4v) is 5.74. The number of ketones is 1. The number of aryl methyl sites for hydroxylation is 1. The van der Waals surface area contributed by atoms with Gasteiger partial charge in [0.2, 0.25) is 5.91 Å². The van der Waals surface area contributed by atoms with Crippen LogP contribution in [0.1, 0.15) is 71.7 Å². The second kappa shape index (κ2) is 12.1. The predicted octanol–water partition coefficient (Wildman–Crippen LogP) is 4.16. The number of aromatic nitrogens is 1. The summed E-state index contributed by atoms with van der Waals surface area (Å²) in [4.78, 5) is 45.0. The number of nitrogens with zero attached hydrogens (tertiary/aromatic N) is 1. The van der Waals surface area contributed by atoms with E-state index in [1.165, 1.54) is 0 Å². The minimum atomic E-state index is -0.922. The van der Waals surface area contributed by atoms with Crippen molar-refractivity contribution in [1.29, 1.82) is 0 Å². The maximum Gasteiger partial charge on any atom is 0.408 e. The van der Waals surface area contributed by atoms with Crippen LogP contribution in [-0.2, 0) is 14.3 Å². The lowest BCUT2D eigenvalue weighted by Gasteiger charge is -2.34. The number of aliphatic hydroxyl groups is 2. The standard InChI is InChI=1S/C29H41N3O6S/c1-16-24(39-15-30-16)18-10-8-17(9-11-18)22(14-33)31-26(36)21-13-19(34)12-20(21)23(35)25(28(2,3)4)32-27(37)38-29(5,6)7/h8-11,15,19-22,25,33-34H,12-14H2,1-7H3,(H,31,36)(H,32,37)/t19-,20?,21+,22-,25+/m0/s1. The van der Waals surface area contributed by atoms with Crippen molar-refractivity contribution in [2.24, 2.45) is 17.3 Å². The van der Waals surface area contributed by atoms with E-state index in [0.29, 0.717) is 0 Å². The summed E-state index contributed by atoms with van der Waals surface area (Å²) in [7, 11) is 0. The number of ether oxygens (including phenoxy) is 1. The summed E-state index contributed by atoms with van der Waals surface area (Å²) < 4.78 is 5.36.